The van der Waals surface area contributed by atoms with Gasteiger partial charge in [-0.25, -0.2) is 0 Å². The number of halogens is 1. The third-order valence-corrected chi connectivity index (χ3v) is 5.24. The molecule has 2 aliphatic heterocycles. The molecular formula is C20H32IN5O. The first-order chi connectivity index (χ1) is 12.8. The molecular weight excluding hydrogens is 453 g/mol. The van der Waals surface area contributed by atoms with Crippen LogP contribution in [0.4, 0.5) is 0 Å². The molecule has 0 saturated carbocycles. The zero-order chi connectivity index (χ0) is 18.2. The van der Waals surface area contributed by atoms with Crippen molar-refractivity contribution in [2.24, 2.45) is 4.99 Å². The minimum Gasteiger partial charge on any atom is -0.347 e. The molecule has 2 saturated heterocycles. The van der Waals surface area contributed by atoms with Gasteiger partial charge in [-0.05, 0) is 24.8 Å². The Labute approximate surface area is 180 Å². The van der Waals surface area contributed by atoms with E-state index in [1.807, 2.05) is 4.90 Å². The summed E-state index contributed by atoms with van der Waals surface area (Å²) in [5, 5.41) is 3.27. The molecule has 0 unspecified atom stereocenters. The molecule has 6 nitrogen and oxygen atoms in total. The van der Waals surface area contributed by atoms with Crippen LogP contribution in [0.2, 0.25) is 0 Å². The molecule has 3 rings (SSSR count). The molecule has 2 fully saturated rings. The normalized spacial score (nSPS) is 18.8. The molecule has 0 spiro atoms. The Morgan fingerprint density at radius 3 is 2.26 bits per heavy atom. The highest BCUT2D eigenvalue weighted by Crippen LogP contribution is 2.10. The molecule has 0 bridgehead atoms. The van der Waals surface area contributed by atoms with Crippen LogP contribution in [-0.4, -0.2) is 79.4 Å². The van der Waals surface area contributed by atoms with Crippen molar-refractivity contribution >= 4 is 35.8 Å². The highest BCUT2D eigenvalue weighted by Gasteiger charge is 2.21. The maximum absolute atomic E-state index is 12.3. The monoisotopic (exact) mass is 485 g/mol. The predicted octanol–water partition coefficient (Wildman–Crippen LogP) is 2.01. The van der Waals surface area contributed by atoms with E-state index in [1.54, 1.807) is 7.05 Å². The van der Waals surface area contributed by atoms with Crippen LogP contribution in [0.3, 0.4) is 0 Å². The number of piperazine rings is 1. The molecule has 7 heteroatoms. The number of nitrogens with zero attached hydrogens (tertiary/aromatic N) is 4. The van der Waals surface area contributed by atoms with E-state index in [-0.39, 0.29) is 29.9 Å². The Morgan fingerprint density at radius 1 is 0.963 bits per heavy atom. The lowest BCUT2D eigenvalue weighted by Gasteiger charge is -2.36. The number of rotatable bonds is 4. The van der Waals surface area contributed by atoms with E-state index in [0.29, 0.717) is 6.54 Å². The molecule has 0 aliphatic carbocycles. The zero-order valence-corrected chi connectivity index (χ0v) is 18.6. The van der Waals surface area contributed by atoms with Gasteiger partial charge in [-0.2, -0.15) is 0 Å². The lowest BCUT2D eigenvalue weighted by atomic mass is 10.1. The van der Waals surface area contributed by atoms with E-state index in [4.69, 9.17) is 0 Å². The van der Waals surface area contributed by atoms with Crippen molar-refractivity contribution in [2.45, 2.75) is 25.8 Å². The molecule has 27 heavy (non-hydrogen) atoms. The van der Waals surface area contributed by atoms with Crippen LogP contribution < -0.4 is 5.32 Å². The second kappa shape index (κ2) is 11.5. The number of likely N-dealkylation sites (tertiary alicyclic amines) is 1. The summed E-state index contributed by atoms with van der Waals surface area (Å²) in [5.41, 5.74) is 1.36. The average Bonchev–Trinajstić information content (AvgIpc) is 2.71. The largest absolute Gasteiger partial charge is 0.347 e. The molecule has 0 aromatic heterocycles. The number of benzene rings is 1. The quantitative estimate of drug-likeness (QED) is 0.403. The van der Waals surface area contributed by atoms with Crippen LogP contribution in [0.5, 0.6) is 0 Å². The fraction of sp³-hybridized carbons (Fsp3) is 0.600. The van der Waals surface area contributed by atoms with Gasteiger partial charge < -0.3 is 15.1 Å². The van der Waals surface area contributed by atoms with Gasteiger partial charge in [0.2, 0.25) is 5.91 Å². The summed E-state index contributed by atoms with van der Waals surface area (Å²) < 4.78 is 0. The number of guanidine groups is 1. The Kier molecular flexibility index (Phi) is 9.33. The summed E-state index contributed by atoms with van der Waals surface area (Å²) in [6.07, 6.45) is 3.50. The van der Waals surface area contributed by atoms with Crippen molar-refractivity contribution in [1.82, 2.24) is 20.0 Å². The first-order valence-electron chi connectivity index (χ1n) is 9.76. The molecule has 1 N–H and O–H groups in total. The SMILES string of the molecule is CN=C(NCC(=O)N1CCCCC1)N1CCN(Cc2ccccc2)CC1.I. The van der Waals surface area contributed by atoms with Gasteiger partial charge in [-0.1, -0.05) is 30.3 Å². The minimum atomic E-state index is 0. The van der Waals surface area contributed by atoms with Gasteiger partial charge in [0.25, 0.3) is 0 Å². The van der Waals surface area contributed by atoms with Crippen molar-refractivity contribution in [3.63, 3.8) is 0 Å². The van der Waals surface area contributed by atoms with E-state index in [1.165, 1.54) is 12.0 Å². The van der Waals surface area contributed by atoms with Crippen LogP contribution >= 0.6 is 24.0 Å². The Morgan fingerprint density at radius 2 is 1.63 bits per heavy atom. The van der Waals surface area contributed by atoms with Crippen LogP contribution in [0.1, 0.15) is 24.8 Å². The van der Waals surface area contributed by atoms with Crippen molar-refractivity contribution in [1.29, 1.82) is 0 Å². The second-order valence-corrected chi connectivity index (χ2v) is 7.09. The smallest absolute Gasteiger partial charge is 0.241 e. The molecule has 0 radical (unpaired) electrons. The third-order valence-electron chi connectivity index (χ3n) is 5.24. The Balaban J connectivity index is 0.00000261. The van der Waals surface area contributed by atoms with Gasteiger partial charge in [-0.3, -0.25) is 14.7 Å². The summed E-state index contributed by atoms with van der Waals surface area (Å²) in [5.74, 6) is 1.03. The summed E-state index contributed by atoms with van der Waals surface area (Å²) in [7, 11) is 1.80. The average molecular weight is 485 g/mol. The van der Waals surface area contributed by atoms with E-state index in [2.05, 4.69) is 50.4 Å². The Bertz CT molecular complexity index is 596. The van der Waals surface area contributed by atoms with Crippen LogP contribution in [-0.2, 0) is 11.3 Å². The topological polar surface area (TPSA) is 51.2 Å². The van der Waals surface area contributed by atoms with Gasteiger partial charge in [0.05, 0.1) is 6.54 Å². The van der Waals surface area contributed by atoms with Crippen LogP contribution in [0.25, 0.3) is 0 Å². The zero-order valence-electron chi connectivity index (χ0n) is 16.3. The Hall–Kier alpha value is -1.35. The van der Waals surface area contributed by atoms with Crippen molar-refractivity contribution in [3.8, 4) is 0 Å². The lowest BCUT2D eigenvalue weighted by Crippen LogP contribution is -2.53. The molecule has 150 valence electrons. The van der Waals surface area contributed by atoms with E-state index < -0.39 is 0 Å². The van der Waals surface area contributed by atoms with Crippen LogP contribution in [0, 0.1) is 0 Å². The molecule has 1 aromatic carbocycles. The highest BCUT2D eigenvalue weighted by molar-refractivity contribution is 14.0. The highest BCUT2D eigenvalue weighted by atomic mass is 127. The molecule has 0 atom stereocenters. The first-order valence-corrected chi connectivity index (χ1v) is 9.76. The standard InChI is InChI=1S/C20H31N5O.HI/c1-21-20(22-16-19(26)24-10-6-3-7-11-24)25-14-12-23(13-15-25)17-18-8-4-2-5-9-18;/h2,4-5,8-9H,3,6-7,10-17H2,1H3,(H,21,22);1H. The number of amides is 1. The summed E-state index contributed by atoms with van der Waals surface area (Å²) in [4.78, 5) is 23.4. The molecule has 2 aliphatic rings. The number of hydrogen-bond donors (Lipinski definition) is 1. The fourth-order valence-electron chi connectivity index (χ4n) is 3.70. The van der Waals surface area contributed by atoms with Crippen LogP contribution in [0.15, 0.2) is 35.3 Å². The number of carbonyl (C=O) groups excluding carboxylic acids is 1. The predicted molar refractivity (Wildman–Crippen MR) is 120 cm³/mol. The molecule has 2 heterocycles. The van der Waals surface area contributed by atoms with Crippen molar-refractivity contribution in [2.75, 3.05) is 52.9 Å². The third kappa shape index (κ3) is 6.64. The van der Waals surface area contributed by atoms with Gasteiger partial charge in [-0.15, -0.1) is 24.0 Å². The number of piperidine rings is 1. The van der Waals surface area contributed by atoms with Gasteiger partial charge >= 0.3 is 0 Å². The first kappa shape index (κ1) is 21.9. The van der Waals surface area contributed by atoms with E-state index >= 15 is 0 Å². The van der Waals surface area contributed by atoms with Gasteiger partial charge in [0.15, 0.2) is 5.96 Å². The van der Waals surface area contributed by atoms with E-state index in [0.717, 1.165) is 64.6 Å². The number of carbonyl (C=O) groups is 1. The molecule has 1 amide bonds. The maximum atomic E-state index is 12.3. The summed E-state index contributed by atoms with van der Waals surface area (Å²) >= 11 is 0. The maximum Gasteiger partial charge on any atom is 0.241 e. The van der Waals surface area contributed by atoms with Crippen molar-refractivity contribution in [3.05, 3.63) is 35.9 Å². The molecule has 1 aromatic rings. The summed E-state index contributed by atoms with van der Waals surface area (Å²) in [6, 6.07) is 10.6. The number of aliphatic imine (C=N–C) groups is 1. The van der Waals surface area contributed by atoms with Gasteiger partial charge in [0, 0.05) is 52.9 Å². The minimum absolute atomic E-state index is 0. The summed E-state index contributed by atoms with van der Waals surface area (Å²) in [6.45, 7) is 7.03. The van der Waals surface area contributed by atoms with Gasteiger partial charge in [0.1, 0.15) is 0 Å². The number of nitrogens with one attached hydrogen (secondary N) is 1. The van der Waals surface area contributed by atoms with Crippen molar-refractivity contribution < 1.29 is 4.79 Å². The lowest BCUT2D eigenvalue weighted by molar-refractivity contribution is -0.130. The number of hydrogen-bond acceptors (Lipinski definition) is 3. The second-order valence-electron chi connectivity index (χ2n) is 7.09. The van der Waals surface area contributed by atoms with E-state index in [9.17, 15) is 4.79 Å². The fourth-order valence-corrected chi connectivity index (χ4v) is 3.70.